The lowest BCUT2D eigenvalue weighted by molar-refractivity contribution is 0.130. The van der Waals surface area contributed by atoms with Gasteiger partial charge in [-0.25, -0.2) is 0 Å². The molecule has 2 aliphatic rings. The lowest BCUT2D eigenvalue weighted by Gasteiger charge is -2.39. The van der Waals surface area contributed by atoms with Gasteiger partial charge >= 0.3 is 0 Å². The third kappa shape index (κ3) is 1.73. The van der Waals surface area contributed by atoms with Gasteiger partial charge in [0.25, 0.3) is 0 Å². The molecule has 1 fully saturated rings. The quantitative estimate of drug-likeness (QED) is 0.427. The van der Waals surface area contributed by atoms with E-state index in [1.54, 1.807) is 11.5 Å². The van der Waals surface area contributed by atoms with Crippen molar-refractivity contribution in [2.45, 2.75) is 59.8 Å². The first-order valence-corrected chi connectivity index (χ1v) is 6.52. The summed E-state index contributed by atoms with van der Waals surface area (Å²) in [7, 11) is 0. The second-order valence-electron chi connectivity index (χ2n) is 6.10. The molecule has 0 unspecified atom stereocenters. The Bertz CT molecular complexity index is 261. The molecular formula is C15H25+. The molecule has 15 heavy (non-hydrogen) atoms. The van der Waals surface area contributed by atoms with E-state index in [4.69, 9.17) is 0 Å². The van der Waals surface area contributed by atoms with Gasteiger partial charge < -0.3 is 0 Å². The number of rotatable bonds is 1. The fraction of sp³-hybridized carbons (Fsp3) is 0.800. The van der Waals surface area contributed by atoms with Crippen LogP contribution in [0.3, 0.4) is 0 Å². The van der Waals surface area contributed by atoms with Crippen molar-refractivity contribution in [3.05, 3.63) is 17.6 Å². The summed E-state index contributed by atoms with van der Waals surface area (Å²) in [4.78, 5) is 0. The molecule has 2 aliphatic carbocycles. The molecular weight excluding hydrogens is 180 g/mol. The summed E-state index contributed by atoms with van der Waals surface area (Å²) in [6, 6.07) is 0. The van der Waals surface area contributed by atoms with Crippen LogP contribution in [0.15, 0.2) is 11.6 Å². The number of hydrogen-bond donors (Lipinski definition) is 0. The normalized spacial score (nSPS) is 40.7. The zero-order valence-corrected chi connectivity index (χ0v) is 10.8. The van der Waals surface area contributed by atoms with Gasteiger partial charge in [-0.1, -0.05) is 18.6 Å². The predicted octanol–water partition coefficient (Wildman–Crippen LogP) is 4.76. The van der Waals surface area contributed by atoms with Gasteiger partial charge in [0.1, 0.15) is 5.92 Å². The highest BCUT2D eigenvalue weighted by Gasteiger charge is 2.53. The summed E-state index contributed by atoms with van der Waals surface area (Å²) in [5, 5.41) is 0. The number of allylic oxidation sites excluding steroid dienone is 2. The second kappa shape index (κ2) is 3.88. The van der Waals surface area contributed by atoms with Crippen LogP contribution in [0, 0.1) is 23.2 Å². The molecule has 84 valence electrons. The lowest BCUT2D eigenvalue weighted by Crippen LogP contribution is -2.34. The van der Waals surface area contributed by atoms with Gasteiger partial charge in [0.2, 0.25) is 0 Å². The van der Waals surface area contributed by atoms with Gasteiger partial charge in [0.15, 0.2) is 0 Å². The molecule has 0 aromatic carbocycles. The SMILES string of the molecule is CC1=CC[C@]2(CC1)[C@@H](C)CC[C@H]2[C+](C)C. The van der Waals surface area contributed by atoms with Gasteiger partial charge in [-0.3, -0.25) is 0 Å². The molecule has 0 radical (unpaired) electrons. The van der Waals surface area contributed by atoms with Crippen LogP contribution in [0.1, 0.15) is 59.8 Å². The van der Waals surface area contributed by atoms with Gasteiger partial charge in [0, 0.05) is 5.41 Å². The van der Waals surface area contributed by atoms with E-state index >= 15 is 0 Å². The zero-order valence-electron chi connectivity index (χ0n) is 10.8. The van der Waals surface area contributed by atoms with E-state index in [9.17, 15) is 0 Å². The van der Waals surface area contributed by atoms with Crippen LogP contribution in [-0.2, 0) is 0 Å². The van der Waals surface area contributed by atoms with Crippen LogP contribution in [0.5, 0.6) is 0 Å². The van der Waals surface area contributed by atoms with Crippen molar-refractivity contribution in [2.24, 2.45) is 17.3 Å². The maximum atomic E-state index is 2.52. The van der Waals surface area contributed by atoms with Crippen LogP contribution in [0.4, 0.5) is 0 Å². The summed E-state index contributed by atoms with van der Waals surface area (Å²) in [6.45, 7) is 9.46. The Kier molecular flexibility index (Phi) is 2.87. The van der Waals surface area contributed by atoms with Crippen molar-refractivity contribution < 1.29 is 0 Å². The number of hydrogen-bond acceptors (Lipinski definition) is 0. The van der Waals surface area contributed by atoms with Gasteiger partial charge in [-0.2, -0.15) is 0 Å². The molecule has 0 aromatic heterocycles. The predicted molar refractivity (Wildman–Crippen MR) is 66.5 cm³/mol. The summed E-state index contributed by atoms with van der Waals surface area (Å²) in [5.41, 5.74) is 2.26. The minimum Gasteiger partial charge on any atom is -0.0849 e. The molecule has 0 bridgehead atoms. The van der Waals surface area contributed by atoms with E-state index in [0.29, 0.717) is 5.41 Å². The van der Waals surface area contributed by atoms with Crippen LogP contribution in [-0.4, -0.2) is 0 Å². The maximum absolute atomic E-state index is 2.52. The molecule has 0 aromatic rings. The molecule has 0 N–H and O–H groups in total. The van der Waals surface area contributed by atoms with Crippen molar-refractivity contribution in [1.29, 1.82) is 0 Å². The van der Waals surface area contributed by atoms with E-state index < -0.39 is 0 Å². The van der Waals surface area contributed by atoms with Gasteiger partial charge in [-0.15, -0.1) is 0 Å². The summed E-state index contributed by atoms with van der Waals surface area (Å²) >= 11 is 0. The first-order chi connectivity index (χ1) is 7.06. The van der Waals surface area contributed by atoms with Crippen molar-refractivity contribution >= 4 is 0 Å². The Morgan fingerprint density at radius 3 is 2.60 bits per heavy atom. The Morgan fingerprint density at radius 2 is 2.07 bits per heavy atom. The Hall–Kier alpha value is -0.390. The van der Waals surface area contributed by atoms with Gasteiger partial charge in [0.05, 0.1) is 19.8 Å². The Balaban J connectivity index is 2.23. The minimum atomic E-state index is 0.637. The maximum Gasteiger partial charge on any atom is 0.106 e. The minimum absolute atomic E-state index is 0.637. The summed E-state index contributed by atoms with van der Waals surface area (Å²) < 4.78 is 0. The summed E-state index contributed by atoms with van der Waals surface area (Å²) in [6.07, 6.45) is 9.52. The van der Waals surface area contributed by atoms with Crippen molar-refractivity contribution in [2.75, 3.05) is 0 Å². The molecule has 0 heterocycles. The Labute approximate surface area is 95.1 Å². The first kappa shape index (κ1) is 11.1. The lowest BCUT2D eigenvalue weighted by atomic mass is 9.62. The fourth-order valence-electron chi connectivity index (χ4n) is 3.96. The molecule has 0 saturated heterocycles. The third-order valence-electron chi connectivity index (χ3n) is 5.08. The van der Waals surface area contributed by atoms with Crippen molar-refractivity contribution in [3.63, 3.8) is 0 Å². The monoisotopic (exact) mass is 205 g/mol. The molecule has 1 saturated carbocycles. The largest absolute Gasteiger partial charge is 0.106 e. The molecule has 0 amide bonds. The van der Waals surface area contributed by atoms with E-state index in [0.717, 1.165) is 11.8 Å². The van der Waals surface area contributed by atoms with Crippen LogP contribution in [0.25, 0.3) is 0 Å². The van der Waals surface area contributed by atoms with E-state index in [-0.39, 0.29) is 0 Å². The second-order valence-corrected chi connectivity index (χ2v) is 6.10. The first-order valence-electron chi connectivity index (χ1n) is 6.52. The zero-order chi connectivity index (χ0) is 11.1. The summed E-state index contributed by atoms with van der Waals surface area (Å²) in [5.74, 6) is 3.51. The smallest absolute Gasteiger partial charge is 0.0849 e. The van der Waals surface area contributed by atoms with Crippen LogP contribution >= 0.6 is 0 Å². The average Bonchev–Trinajstić information content (AvgIpc) is 2.50. The highest BCUT2D eigenvalue weighted by Crippen LogP contribution is 2.58. The Morgan fingerprint density at radius 1 is 1.33 bits per heavy atom. The van der Waals surface area contributed by atoms with Crippen LogP contribution in [0.2, 0.25) is 0 Å². The topological polar surface area (TPSA) is 0 Å². The third-order valence-corrected chi connectivity index (χ3v) is 5.08. The molecule has 0 aliphatic heterocycles. The molecule has 2 rings (SSSR count). The molecule has 1 spiro atoms. The van der Waals surface area contributed by atoms with E-state index in [1.807, 2.05) is 0 Å². The van der Waals surface area contributed by atoms with Crippen LogP contribution < -0.4 is 0 Å². The highest BCUT2D eigenvalue weighted by molar-refractivity contribution is 5.15. The average molecular weight is 205 g/mol. The van der Waals surface area contributed by atoms with Crippen molar-refractivity contribution in [3.8, 4) is 0 Å². The fourth-order valence-corrected chi connectivity index (χ4v) is 3.96. The molecule has 0 nitrogen and oxygen atoms in total. The highest BCUT2D eigenvalue weighted by atomic mass is 14.5. The van der Waals surface area contributed by atoms with E-state index in [2.05, 4.69) is 33.8 Å². The molecule has 0 heteroatoms. The standard InChI is InChI=1S/C15H25/c1-11(2)14-6-5-13(4)15(14)9-7-12(3)8-10-15/h7,13-14H,5-6,8-10H2,1-4H3/q+1/t13-,14-,15-/m0/s1. The van der Waals surface area contributed by atoms with Gasteiger partial charge in [-0.05, 0) is 44.9 Å². The van der Waals surface area contributed by atoms with Crippen molar-refractivity contribution in [1.82, 2.24) is 0 Å². The van der Waals surface area contributed by atoms with E-state index in [1.165, 1.54) is 32.1 Å². The molecule has 3 atom stereocenters.